The van der Waals surface area contributed by atoms with E-state index >= 15 is 0 Å². The Morgan fingerprint density at radius 2 is 1.80 bits per heavy atom. The molecule has 154 valence electrons. The summed E-state index contributed by atoms with van der Waals surface area (Å²) in [5.74, 6) is 0.854. The van der Waals surface area contributed by atoms with E-state index in [1.54, 1.807) is 42.3 Å². The molecule has 1 aromatic carbocycles. The molecule has 4 rings (SSSR count). The Labute approximate surface area is 170 Å². The van der Waals surface area contributed by atoms with Gasteiger partial charge < -0.3 is 10.1 Å². The molecule has 0 radical (unpaired) electrons. The number of alkyl halides is 3. The number of methoxy groups -OCH3 is 1. The van der Waals surface area contributed by atoms with Crippen molar-refractivity contribution in [1.29, 1.82) is 0 Å². The Hall–Kier alpha value is -3.62. The lowest BCUT2D eigenvalue weighted by Crippen LogP contribution is -2.21. The first kappa shape index (κ1) is 19.7. The van der Waals surface area contributed by atoms with Gasteiger partial charge in [0, 0.05) is 12.4 Å². The van der Waals surface area contributed by atoms with E-state index in [4.69, 9.17) is 4.74 Å². The molecule has 0 fully saturated rings. The predicted molar refractivity (Wildman–Crippen MR) is 107 cm³/mol. The smallest absolute Gasteiger partial charge is 0.405 e. The van der Waals surface area contributed by atoms with Crippen LogP contribution in [0.2, 0.25) is 0 Å². The Kier molecular flexibility index (Phi) is 5.26. The highest BCUT2D eigenvalue weighted by molar-refractivity contribution is 6.00. The summed E-state index contributed by atoms with van der Waals surface area (Å²) in [6.07, 6.45) is -1.29. The lowest BCUT2D eigenvalue weighted by atomic mass is 10.1. The lowest BCUT2D eigenvalue weighted by Gasteiger charge is -2.10. The van der Waals surface area contributed by atoms with E-state index in [9.17, 15) is 13.2 Å². The van der Waals surface area contributed by atoms with Gasteiger partial charge in [0.05, 0.1) is 30.3 Å². The molecule has 9 heteroatoms. The number of aromatic nitrogens is 4. The van der Waals surface area contributed by atoms with Gasteiger partial charge in [-0.05, 0) is 35.9 Å². The molecule has 0 bridgehead atoms. The van der Waals surface area contributed by atoms with Crippen LogP contribution in [-0.2, 0) is 6.54 Å². The van der Waals surface area contributed by atoms with Crippen LogP contribution < -0.4 is 10.1 Å². The van der Waals surface area contributed by atoms with Crippen molar-refractivity contribution in [2.24, 2.45) is 0 Å². The fraction of sp³-hybridized carbons (Fsp3) is 0.190. The zero-order valence-corrected chi connectivity index (χ0v) is 16.0. The van der Waals surface area contributed by atoms with Crippen LogP contribution in [0, 0.1) is 0 Å². The lowest BCUT2D eigenvalue weighted by molar-refractivity contribution is -0.115. The minimum atomic E-state index is -4.37. The second-order valence-electron chi connectivity index (χ2n) is 6.59. The van der Waals surface area contributed by atoms with E-state index in [0.717, 1.165) is 11.3 Å². The fourth-order valence-corrected chi connectivity index (χ4v) is 3.15. The van der Waals surface area contributed by atoms with Crippen LogP contribution in [0.3, 0.4) is 0 Å². The number of fused-ring (bicyclic) bond motifs is 1. The normalized spacial score (nSPS) is 11.6. The van der Waals surface area contributed by atoms with Gasteiger partial charge >= 0.3 is 6.18 Å². The molecule has 0 aliphatic carbocycles. The first-order valence-corrected chi connectivity index (χ1v) is 9.15. The second kappa shape index (κ2) is 8.02. The third kappa shape index (κ3) is 4.19. The molecular weight excluding hydrogens is 395 g/mol. The maximum absolute atomic E-state index is 12.8. The predicted octanol–water partition coefficient (Wildman–Crippen LogP) is 4.52. The van der Waals surface area contributed by atoms with E-state index in [1.165, 1.54) is 6.20 Å². The summed E-state index contributed by atoms with van der Waals surface area (Å²) in [5, 5.41) is 7.55. The molecule has 1 N–H and O–H groups in total. The fourth-order valence-electron chi connectivity index (χ4n) is 3.15. The maximum atomic E-state index is 12.8. The average Bonchev–Trinajstić information content (AvgIpc) is 3.12. The van der Waals surface area contributed by atoms with Gasteiger partial charge in [0.2, 0.25) is 0 Å². The molecule has 0 aliphatic rings. The topological polar surface area (TPSA) is 64.9 Å². The highest BCUT2D eigenvalue weighted by Gasteiger charge is 2.28. The summed E-state index contributed by atoms with van der Waals surface area (Å²) in [4.78, 5) is 8.45. The first-order chi connectivity index (χ1) is 14.4. The molecule has 3 heterocycles. The van der Waals surface area contributed by atoms with Crippen molar-refractivity contribution in [3.8, 4) is 17.1 Å². The van der Waals surface area contributed by atoms with Crippen LogP contribution >= 0.6 is 0 Å². The molecule has 0 saturated heterocycles. The van der Waals surface area contributed by atoms with Gasteiger partial charge in [-0.1, -0.05) is 18.2 Å². The Bertz CT molecular complexity index is 1140. The summed E-state index contributed by atoms with van der Waals surface area (Å²) >= 11 is 0. The van der Waals surface area contributed by atoms with Crippen LogP contribution in [0.5, 0.6) is 5.75 Å². The number of nitrogens with one attached hydrogen (secondary N) is 1. The number of anilines is 1. The van der Waals surface area contributed by atoms with Crippen molar-refractivity contribution in [2.75, 3.05) is 19.0 Å². The number of ether oxygens (including phenoxy) is 1. The SMILES string of the molecule is COc1ccc(Cn2nc(-c3ccccn3)c3c(NCC(F)(F)F)nccc32)cc1. The highest BCUT2D eigenvalue weighted by Crippen LogP contribution is 2.32. The number of hydrogen-bond acceptors (Lipinski definition) is 5. The minimum Gasteiger partial charge on any atom is -0.497 e. The quantitative estimate of drug-likeness (QED) is 0.503. The molecule has 0 atom stereocenters. The van der Waals surface area contributed by atoms with E-state index in [0.29, 0.717) is 28.8 Å². The third-order valence-electron chi connectivity index (χ3n) is 4.52. The summed E-state index contributed by atoms with van der Waals surface area (Å²) in [7, 11) is 1.59. The standard InChI is InChI=1S/C21H18F3N5O/c1-30-15-7-5-14(6-8-15)12-29-17-9-11-26-20(27-13-21(22,23)24)18(17)19(28-29)16-4-2-3-10-25-16/h2-11H,12-13H2,1H3,(H,26,27). The monoisotopic (exact) mass is 413 g/mol. The van der Waals surface area contributed by atoms with Gasteiger partial charge in [-0.3, -0.25) is 9.67 Å². The molecule has 4 aromatic rings. The second-order valence-corrected chi connectivity index (χ2v) is 6.59. The van der Waals surface area contributed by atoms with Crippen LogP contribution in [0.4, 0.5) is 19.0 Å². The zero-order valence-electron chi connectivity index (χ0n) is 16.0. The van der Waals surface area contributed by atoms with E-state index in [2.05, 4.69) is 20.4 Å². The average molecular weight is 413 g/mol. The summed E-state index contributed by atoms with van der Waals surface area (Å²) in [6.45, 7) is -0.763. The Balaban J connectivity index is 1.81. The minimum absolute atomic E-state index is 0.117. The summed E-state index contributed by atoms with van der Waals surface area (Å²) in [5.41, 5.74) is 2.65. The van der Waals surface area contributed by atoms with E-state index < -0.39 is 12.7 Å². The van der Waals surface area contributed by atoms with Crippen molar-refractivity contribution < 1.29 is 17.9 Å². The molecule has 30 heavy (non-hydrogen) atoms. The molecule has 0 saturated carbocycles. The van der Waals surface area contributed by atoms with Crippen LogP contribution in [0.15, 0.2) is 60.9 Å². The van der Waals surface area contributed by atoms with Crippen molar-refractivity contribution in [2.45, 2.75) is 12.7 Å². The third-order valence-corrected chi connectivity index (χ3v) is 4.52. The van der Waals surface area contributed by atoms with E-state index in [1.807, 2.05) is 24.3 Å². The first-order valence-electron chi connectivity index (χ1n) is 9.15. The van der Waals surface area contributed by atoms with Crippen molar-refractivity contribution in [3.05, 3.63) is 66.5 Å². The number of pyridine rings is 2. The molecule has 0 spiro atoms. The summed E-state index contributed by atoms with van der Waals surface area (Å²) < 4.78 is 45.3. The summed E-state index contributed by atoms with van der Waals surface area (Å²) in [6, 6.07) is 14.6. The van der Waals surface area contributed by atoms with Gasteiger partial charge in [0.1, 0.15) is 23.8 Å². The van der Waals surface area contributed by atoms with Crippen LogP contribution in [0.25, 0.3) is 22.3 Å². The molecule has 0 aliphatic heterocycles. The van der Waals surface area contributed by atoms with Crippen molar-refractivity contribution >= 4 is 16.7 Å². The number of benzene rings is 1. The highest BCUT2D eigenvalue weighted by atomic mass is 19.4. The maximum Gasteiger partial charge on any atom is 0.405 e. The van der Waals surface area contributed by atoms with Gasteiger partial charge in [-0.25, -0.2) is 4.98 Å². The molecule has 0 unspecified atom stereocenters. The molecule has 0 amide bonds. The zero-order chi connectivity index (χ0) is 21.1. The molecule has 6 nitrogen and oxygen atoms in total. The van der Waals surface area contributed by atoms with Gasteiger partial charge in [0.15, 0.2) is 0 Å². The van der Waals surface area contributed by atoms with Crippen molar-refractivity contribution in [1.82, 2.24) is 19.7 Å². The van der Waals surface area contributed by atoms with Gasteiger partial charge in [-0.15, -0.1) is 0 Å². The van der Waals surface area contributed by atoms with Crippen LogP contribution in [-0.4, -0.2) is 39.6 Å². The van der Waals surface area contributed by atoms with Crippen LogP contribution in [0.1, 0.15) is 5.56 Å². The molecular formula is C21H18F3N5O. The Morgan fingerprint density at radius 3 is 2.47 bits per heavy atom. The van der Waals surface area contributed by atoms with Gasteiger partial charge in [0.25, 0.3) is 0 Å². The number of halogens is 3. The Morgan fingerprint density at radius 1 is 1.00 bits per heavy atom. The molecule has 3 aromatic heterocycles. The number of rotatable bonds is 6. The van der Waals surface area contributed by atoms with Crippen molar-refractivity contribution in [3.63, 3.8) is 0 Å². The largest absolute Gasteiger partial charge is 0.497 e. The number of hydrogen-bond donors (Lipinski definition) is 1. The van der Waals surface area contributed by atoms with E-state index in [-0.39, 0.29) is 5.82 Å². The number of nitrogens with zero attached hydrogens (tertiary/aromatic N) is 4. The van der Waals surface area contributed by atoms with Gasteiger partial charge in [-0.2, -0.15) is 18.3 Å².